The molecule has 2 unspecified atom stereocenters. The number of carbonyl (C=O) groups excluding carboxylic acids is 3. The van der Waals surface area contributed by atoms with E-state index in [0.717, 1.165) is 17.5 Å². The number of hydrogen-bond donors (Lipinski definition) is 3. The zero-order valence-corrected chi connectivity index (χ0v) is 24.5. The first-order chi connectivity index (χ1) is 20.0. The standard InChI is InChI=1S/C33H38N4O5/c1-5-23-11-15-26(16-12-23)29(30(39)35-22-25-9-7-6-8-10-25)37(20-19-34)31(40)28(36-32(41)42-33(2,3)4)21-24-13-17-27(38)18-14-24/h6-18,28-29,38H,5,20-22H2,1-4H3,(H,35,39)(H,36,41). The van der Waals surface area contributed by atoms with Crippen molar-refractivity contribution in [2.45, 2.75) is 64.8 Å². The average molecular weight is 571 g/mol. The van der Waals surface area contributed by atoms with Crippen LogP contribution < -0.4 is 10.6 Å². The summed E-state index contributed by atoms with van der Waals surface area (Å²) in [6.45, 7) is 6.96. The predicted octanol–water partition coefficient (Wildman–Crippen LogP) is 4.80. The summed E-state index contributed by atoms with van der Waals surface area (Å²) in [5.74, 6) is -1.04. The lowest BCUT2D eigenvalue weighted by atomic mass is 9.99. The molecule has 0 aliphatic heterocycles. The highest BCUT2D eigenvalue weighted by Gasteiger charge is 2.36. The summed E-state index contributed by atoms with van der Waals surface area (Å²) in [5, 5.41) is 25.0. The number of rotatable bonds is 11. The van der Waals surface area contributed by atoms with Gasteiger partial charge in [-0.05, 0) is 61.6 Å². The fourth-order valence-corrected chi connectivity index (χ4v) is 4.38. The minimum Gasteiger partial charge on any atom is -0.508 e. The van der Waals surface area contributed by atoms with Crippen LogP contribution in [0.3, 0.4) is 0 Å². The Morgan fingerprint density at radius 3 is 2.12 bits per heavy atom. The fourth-order valence-electron chi connectivity index (χ4n) is 4.38. The Balaban J connectivity index is 2.00. The average Bonchev–Trinajstić information content (AvgIpc) is 2.96. The molecule has 0 bridgehead atoms. The highest BCUT2D eigenvalue weighted by atomic mass is 16.6. The van der Waals surface area contributed by atoms with Gasteiger partial charge in [-0.25, -0.2) is 4.79 Å². The molecule has 42 heavy (non-hydrogen) atoms. The minimum absolute atomic E-state index is 0.0351. The number of alkyl carbamates (subject to hydrolysis) is 1. The van der Waals surface area contributed by atoms with Crippen LogP contribution in [0.5, 0.6) is 5.75 Å². The molecule has 3 amide bonds. The number of nitrogens with one attached hydrogen (secondary N) is 2. The van der Waals surface area contributed by atoms with Gasteiger partial charge in [0.25, 0.3) is 0 Å². The molecule has 9 heteroatoms. The van der Waals surface area contributed by atoms with Gasteiger partial charge in [0.1, 0.15) is 30.0 Å². The van der Waals surface area contributed by atoms with E-state index in [2.05, 4.69) is 10.6 Å². The van der Waals surface area contributed by atoms with Gasteiger partial charge in [-0.2, -0.15) is 5.26 Å². The number of carbonyl (C=O) groups is 3. The van der Waals surface area contributed by atoms with Crippen LogP contribution in [0.15, 0.2) is 78.9 Å². The van der Waals surface area contributed by atoms with Crippen LogP contribution >= 0.6 is 0 Å². The number of ether oxygens (including phenoxy) is 1. The topological polar surface area (TPSA) is 132 Å². The molecule has 0 aliphatic rings. The summed E-state index contributed by atoms with van der Waals surface area (Å²) in [6.07, 6.45) is 0.0161. The summed E-state index contributed by atoms with van der Waals surface area (Å²) in [7, 11) is 0. The molecule has 0 radical (unpaired) electrons. The highest BCUT2D eigenvalue weighted by molar-refractivity contribution is 5.92. The van der Waals surface area contributed by atoms with Gasteiger partial charge in [-0.3, -0.25) is 9.59 Å². The third-order valence-electron chi connectivity index (χ3n) is 6.46. The second-order valence-electron chi connectivity index (χ2n) is 10.9. The van der Waals surface area contributed by atoms with E-state index in [0.29, 0.717) is 11.1 Å². The van der Waals surface area contributed by atoms with Crippen LogP contribution in [-0.4, -0.2) is 46.1 Å². The largest absolute Gasteiger partial charge is 0.508 e. The Kier molecular flexibility index (Phi) is 11.1. The molecule has 0 aromatic heterocycles. The van der Waals surface area contributed by atoms with Crippen molar-refractivity contribution in [3.8, 4) is 11.8 Å². The number of amides is 3. The SMILES string of the molecule is CCc1ccc(C(C(=O)NCc2ccccc2)N(CC#N)C(=O)C(Cc2ccc(O)cc2)NC(=O)OC(C)(C)C)cc1. The molecule has 3 N–H and O–H groups in total. The Hall–Kier alpha value is -4.84. The molecular formula is C33H38N4O5. The molecule has 0 saturated carbocycles. The molecular weight excluding hydrogens is 532 g/mol. The van der Waals surface area contributed by atoms with Crippen molar-refractivity contribution in [2.75, 3.05) is 6.54 Å². The van der Waals surface area contributed by atoms with Gasteiger partial charge in [0, 0.05) is 13.0 Å². The number of aromatic hydroxyl groups is 1. The van der Waals surface area contributed by atoms with Crippen LogP contribution in [-0.2, 0) is 33.7 Å². The van der Waals surface area contributed by atoms with Gasteiger partial charge in [0.2, 0.25) is 11.8 Å². The lowest BCUT2D eigenvalue weighted by Crippen LogP contribution is -2.53. The molecule has 3 aromatic carbocycles. The Labute approximate surface area is 247 Å². The first kappa shape index (κ1) is 31.7. The van der Waals surface area contributed by atoms with Gasteiger partial charge >= 0.3 is 6.09 Å². The van der Waals surface area contributed by atoms with Crippen molar-refractivity contribution >= 4 is 17.9 Å². The van der Waals surface area contributed by atoms with Crippen LogP contribution in [0.25, 0.3) is 0 Å². The Morgan fingerprint density at radius 2 is 1.55 bits per heavy atom. The highest BCUT2D eigenvalue weighted by Crippen LogP contribution is 2.24. The molecule has 0 spiro atoms. The second-order valence-corrected chi connectivity index (χ2v) is 10.9. The number of nitriles is 1. The molecule has 3 aromatic rings. The number of phenolic OH excluding ortho intramolecular Hbond substituents is 1. The summed E-state index contributed by atoms with van der Waals surface area (Å²) in [6, 6.07) is 22.6. The van der Waals surface area contributed by atoms with Crippen molar-refractivity contribution in [3.63, 3.8) is 0 Å². The number of nitrogens with zero attached hydrogens (tertiary/aromatic N) is 2. The minimum atomic E-state index is -1.17. The molecule has 220 valence electrons. The van der Waals surface area contributed by atoms with E-state index in [9.17, 15) is 24.8 Å². The molecule has 0 aliphatic carbocycles. The first-order valence-corrected chi connectivity index (χ1v) is 13.9. The van der Waals surface area contributed by atoms with Crippen molar-refractivity contribution in [1.29, 1.82) is 5.26 Å². The maximum absolute atomic E-state index is 14.2. The predicted molar refractivity (Wildman–Crippen MR) is 159 cm³/mol. The number of aryl methyl sites for hydroxylation is 1. The Bertz CT molecular complexity index is 1380. The van der Waals surface area contributed by atoms with Crippen LogP contribution in [0.1, 0.15) is 56.0 Å². The number of hydrogen-bond acceptors (Lipinski definition) is 6. The van der Waals surface area contributed by atoms with Crippen molar-refractivity contribution in [2.24, 2.45) is 0 Å². The zero-order chi connectivity index (χ0) is 30.7. The van der Waals surface area contributed by atoms with E-state index < -0.39 is 42.1 Å². The van der Waals surface area contributed by atoms with Gasteiger partial charge < -0.3 is 25.4 Å². The van der Waals surface area contributed by atoms with Crippen molar-refractivity contribution in [1.82, 2.24) is 15.5 Å². The maximum atomic E-state index is 14.2. The maximum Gasteiger partial charge on any atom is 0.408 e. The monoisotopic (exact) mass is 570 g/mol. The van der Waals surface area contributed by atoms with E-state index in [1.54, 1.807) is 45.0 Å². The van der Waals surface area contributed by atoms with Gasteiger partial charge in [0.15, 0.2) is 0 Å². The lowest BCUT2D eigenvalue weighted by molar-refractivity contribution is -0.141. The molecule has 3 rings (SSSR count). The van der Waals surface area contributed by atoms with Crippen LogP contribution in [0.4, 0.5) is 4.79 Å². The molecule has 0 fully saturated rings. The Morgan fingerprint density at radius 1 is 0.929 bits per heavy atom. The second kappa shape index (κ2) is 14.7. The fraction of sp³-hybridized carbons (Fsp3) is 0.333. The third kappa shape index (κ3) is 9.37. The van der Waals surface area contributed by atoms with Gasteiger partial charge in [0.05, 0.1) is 6.07 Å². The van der Waals surface area contributed by atoms with Gasteiger partial charge in [-0.1, -0.05) is 73.7 Å². The lowest BCUT2D eigenvalue weighted by Gasteiger charge is -2.33. The third-order valence-corrected chi connectivity index (χ3v) is 6.46. The first-order valence-electron chi connectivity index (χ1n) is 13.9. The molecule has 2 atom stereocenters. The summed E-state index contributed by atoms with van der Waals surface area (Å²) >= 11 is 0. The molecule has 9 nitrogen and oxygen atoms in total. The van der Waals surface area contributed by atoms with E-state index in [-0.39, 0.29) is 18.7 Å². The zero-order valence-electron chi connectivity index (χ0n) is 24.5. The quantitative estimate of drug-likeness (QED) is 0.284. The van der Waals surface area contributed by atoms with Crippen LogP contribution in [0, 0.1) is 11.3 Å². The number of phenols is 1. The van der Waals surface area contributed by atoms with Crippen molar-refractivity contribution in [3.05, 3.63) is 101 Å². The summed E-state index contributed by atoms with van der Waals surface area (Å²) in [4.78, 5) is 42.0. The van der Waals surface area contributed by atoms with E-state index in [4.69, 9.17) is 4.74 Å². The van der Waals surface area contributed by atoms with Gasteiger partial charge in [-0.15, -0.1) is 0 Å². The summed E-state index contributed by atoms with van der Waals surface area (Å²) < 4.78 is 5.42. The van der Waals surface area contributed by atoms with Crippen LogP contribution in [0.2, 0.25) is 0 Å². The van der Waals surface area contributed by atoms with E-state index >= 15 is 0 Å². The van der Waals surface area contributed by atoms with Crippen molar-refractivity contribution < 1.29 is 24.2 Å². The summed E-state index contributed by atoms with van der Waals surface area (Å²) in [5.41, 5.74) is 2.29. The normalized spacial score (nSPS) is 12.4. The number of benzene rings is 3. The van der Waals surface area contributed by atoms with E-state index in [1.807, 2.05) is 55.5 Å². The molecule has 0 saturated heterocycles. The molecule has 0 heterocycles. The smallest absolute Gasteiger partial charge is 0.408 e. The van der Waals surface area contributed by atoms with E-state index in [1.165, 1.54) is 17.0 Å².